The number of benzene rings is 3. The summed E-state index contributed by atoms with van der Waals surface area (Å²) < 4.78 is 51.7. The molecule has 0 aliphatic carbocycles. The maximum absolute atomic E-state index is 13.1. The van der Waals surface area contributed by atoms with E-state index in [1.807, 2.05) is 0 Å². The number of fused-ring (bicyclic) bond motifs is 1. The molecule has 0 saturated carbocycles. The number of amides is 1. The van der Waals surface area contributed by atoms with E-state index in [4.69, 9.17) is 9.47 Å². The molecule has 0 saturated heterocycles. The van der Waals surface area contributed by atoms with Crippen molar-refractivity contribution in [1.82, 2.24) is 10.3 Å². The average molecular weight is 571 g/mol. The molecule has 1 heterocycles. The normalized spacial score (nSPS) is 12.1. The number of pyridine rings is 1. The number of nitrogens with one attached hydrogen (secondary N) is 1. The minimum Gasteiger partial charge on any atom is -0.508 e. The van der Waals surface area contributed by atoms with Crippen LogP contribution >= 0.6 is 0 Å². The summed E-state index contributed by atoms with van der Waals surface area (Å²) >= 11 is 0. The highest BCUT2D eigenvalue weighted by atomic mass is 19.4. The van der Waals surface area contributed by atoms with Crippen LogP contribution in [-0.4, -0.2) is 53.2 Å². The van der Waals surface area contributed by atoms with E-state index in [1.54, 1.807) is 30.3 Å². The molecular weight excluding hydrogens is 545 g/mol. The Bertz CT molecular complexity index is 1520. The summed E-state index contributed by atoms with van der Waals surface area (Å²) in [6.07, 6.45) is -4.40. The number of carboxylic acids is 1. The van der Waals surface area contributed by atoms with Crippen LogP contribution in [0.3, 0.4) is 0 Å². The lowest BCUT2D eigenvalue weighted by atomic mass is 10.0. The lowest BCUT2D eigenvalue weighted by Gasteiger charge is -2.18. The molecule has 0 aliphatic heterocycles. The first-order valence-electron chi connectivity index (χ1n) is 12.2. The molecule has 12 heteroatoms. The van der Waals surface area contributed by atoms with Gasteiger partial charge in [-0.05, 0) is 72.1 Å². The third-order valence-electron chi connectivity index (χ3n) is 5.92. The molecule has 3 N–H and O–H groups in total. The average Bonchev–Trinajstić information content (AvgIpc) is 2.92. The molecule has 1 amide bonds. The van der Waals surface area contributed by atoms with E-state index < -0.39 is 24.3 Å². The van der Waals surface area contributed by atoms with Gasteiger partial charge in [-0.2, -0.15) is 0 Å². The lowest BCUT2D eigenvalue weighted by molar-refractivity contribution is -0.274. The minimum atomic E-state index is -4.80. The van der Waals surface area contributed by atoms with E-state index in [1.165, 1.54) is 37.4 Å². The van der Waals surface area contributed by atoms with Gasteiger partial charge >= 0.3 is 12.3 Å². The highest BCUT2D eigenvalue weighted by Gasteiger charge is 2.31. The van der Waals surface area contributed by atoms with Crippen LogP contribution in [-0.2, 0) is 17.8 Å². The second-order valence-corrected chi connectivity index (χ2v) is 9.02. The fourth-order valence-corrected chi connectivity index (χ4v) is 4.09. The van der Waals surface area contributed by atoms with Gasteiger partial charge in [0.05, 0.1) is 23.7 Å². The smallest absolute Gasteiger partial charge is 0.508 e. The fraction of sp³-hybridized carbons (Fsp3) is 0.207. The van der Waals surface area contributed by atoms with Crippen LogP contribution in [0.25, 0.3) is 10.9 Å². The van der Waals surface area contributed by atoms with Gasteiger partial charge in [0, 0.05) is 12.5 Å². The number of alkyl halides is 3. The number of methoxy groups -OCH3 is 1. The molecule has 0 aliphatic rings. The van der Waals surface area contributed by atoms with Crippen molar-refractivity contribution in [2.45, 2.75) is 25.4 Å². The van der Waals surface area contributed by atoms with E-state index >= 15 is 0 Å². The molecule has 1 atom stereocenters. The van der Waals surface area contributed by atoms with Gasteiger partial charge in [-0.25, -0.2) is 9.78 Å². The van der Waals surface area contributed by atoms with E-state index in [0.29, 0.717) is 12.0 Å². The zero-order valence-electron chi connectivity index (χ0n) is 21.6. The van der Waals surface area contributed by atoms with Crippen molar-refractivity contribution in [1.29, 1.82) is 0 Å². The van der Waals surface area contributed by atoms with Crippen LogP contribution in [0.4, 0.5) is 13.2 Å². The molecule has 214 valence electrons. The van der Waals surface area contributed by atoms with Crippen LogP contribution in [0.2, 0.25) is 0 Å². The number of phenols is 1. The summed E-state index contributed by atoms with van der Waals surface area (Å²) in [5.74, 6) is -1.84. The second kappa shape index (κ2) is 12.6. The number of rotatable bonds is 11. The van der Waals surface area contributed by atoms with E-state index in [2.05, 4.69) is 15.0 Å². The van der Waals surface area contributed by atoms with Gasteiger partial charge in [0.2, 0.25) is 0 Å². The summed E-state index contributed by atoms with van der Waals surface area (Å²) in [7, 11) is 1.49. The second-order valence-electron chi connectivity index (χ2n) is 9.02. The van der Waals surface area contributed by atoms with Gasteiger partial charge in [-0.3, -0.25) is 4.79 Å². The highest BCUT2D eigenvalue weighted by molar-refractivity contribution is 6.06. The molecule has 0 bridgehead atoms. The van der Waals surface area contributed by atoms with E-state index in [0.717, 1.165) is 17.7 Å². The van der Waals surface area contributed by atoms with Crippen molar-refractivity contribution >= 4 is 22.8 Å². The largest absolute Gasteiger partial charge is 0.573 e. The van der Waals surface area contributed by atoms with Crippen molar-refractivity contribution in [3.63, 3.8) is 0 Å². The Kier molecular flexibility index (Phi) is 8.93. The maximum Gasteiger partial charge on any atom is 0.573 e. The van der Waals surface area contributed by atoms with Crippen molar-refractivity contribution in [3.8, 4) is 17.2 Å². The maximum atomic E-state index is 13.1. The predicted molar refractivity (Wildman–Crippen MR) is 141 cm³/mol. The monoisotopic (exact) mass is 570 g/mol. The number of nitrogens with zero attached hydrogens (tertiary/aromatic N) is 1. The molecule has 4 rings (SSSR count). The molecule has 1 aromatic heterocycles. The molecule has 0 spiro atoms. The first-order valence-corrected chi connectivity index (χ1v) is 12.2. The molecule has 0 radical (unpaired) electrons. The summed E-state index contributed by atoms with van der Waals surface area (Å²) in [6, 6.07) is 16.9. The van der Waals surface area contributed by atoms with Gasteiger partial charge in [0.1, 0.15) is 29.5 Å². The SMILES string of the molecule is COC[C@H](Cc1ccc(O)cc1)NC(=O)c1cc(C(=O)O)c2cc(COc3ccc(OC(F)(F)F)cc3)ccc2n1. The Hall–Kier alpha value is -4.84. The minimum absolute atomic E-state index is 0.00727. The van der Waals surface area contributed by atoms with E-state index in [9.17, 15) is 33.0 Å². The number of aromatic carboxylic acids is 1. The Morgan fingerprint density at radius 2 is 1.61 bits per heavy atom. The molecular formula is C29H25F3N2O7. The number of hydrogen-bond donors (Lipinski definition) is 3. The summed E-state index contributed by atoms with van der Waals surface area (Å²) in [5.41, 5.74) is 1.46. The molecule has 0 unspecified atom stereocenters. The Labute approximate surface area is 232 Å². The standard InChI is InChI=1S/C29H25F3N2O7/c1-39-16-19(12-17-2-5-20(35)6-3-17)33-27(36)26-14-24(28(37)38)23-13-18(4-11-25(23)34-26)15-40-21-7-9-22(10-8-21)41-29(30,31)32/h2-11,13-14,19,35H,12,15-16H2,1H3,(H,33,36)(H,37,38)/t19-/m0/s1. The van der Waals surface area contributed by atoms with Gasteiger partial charge in [-0.1, -0.05) is 18.2 Å². The predicted octanol–water partition coefficient (Wildman–Crippen LogP) is 5.10. The Balaban J connectivity index is 1.50. The number of halogens is 3. The molecule has 3 aromatic carbocycles. The third kappa shape index (κ3) is 8.08. The van der Waals surface area contributed by atoms with Crippen LogP contribution in [0, 0.1) is 0 Å². The Morgan fingerprint density at radius 3 is 2.24 bits per heavy atom. The number of aromatic nitrogens is 1. The number of carbonyl (C=O) groups excluding carboxylic acids is 1. The molecule has 0 fully saturated rings. The number of phenolic OH excluding ortho intramolecular Hbond substituents is 1. The molecule has 4 aromatic rings. The van der Waals surface area contributed by atoms with Gasteiger partial charge in [-0.15, -0.1) is 13.2 Å². The van der Waals surface area contributed by atoms with Gasteiger partial charge < -0.3 is 29.7 Å². The number of ether oxygens (including phenoxy) is 3. The van der Waals surface area contributed by atoms with Crippen LogP contribution < -0.4 is 14.8 Å². The molecule has 41 heavy (non-hydrogen) atoms. The lowest BCUT2D eigenvalue weighted by Crippen LogP contribution is -2.40. The first-order chi connectivity index (χ1) is 19.5. The number of carboxylic acid groups (broad SMARTS) is 1. The Morgan fingerprint density at radius 1 is 0.951 bits per heavy atom. The van der Waals surface area contributed by atoms with Crippen molar-refractivity contribution in [3.05, 3.63) is 95.2 Å². The van der Waals surface area contributed by atoms with Crippen LogP contribution in [0.15, 0.2) is 72.8 Å². The summed E-state index contributed by atoms with van der Waals surface area (Å²) in [6.45, 7) is 0.181. The van der Waals surface area contributed by atoms with Crippen LogP contribution in [0.5, 0.6) is 17.2 Å². The van der Waals surface area contributed by atoms with E-state index in [-0.39, 0.29) is 52.6 Å². The number of hydrogen-bond acceptors (Lipinski definition) is 7. The van der Waals surface area contributed by atoms with Crippen molar-refractivity contribution in [2.75, 3.05) is 13.7 Å². The topological polar surface area (TPSA) is 127 Å². The number of aromatic hydroxyl groups is 1. The molecule has 9 nitrogen and oxygen atoms in total. The van der Waals surface area contributed by atoms with Gasteiger partial charge in [0.15, 0.2) is 0 Å². The quantitative estimate of drug-likeness (QED) is 0.227. The number of carbonyl (C=O) groups is 2. The zero-order chi connectivity index (χ0) is 29.6. The first kappa shape index (κ1) is 29.2. The zero-order valence-corrected chi connectivity index (χ0v) is 21.6. The van der Waals surface area contributed by atoms with Gasteiger partial charge in [0.25, 0.3) is 5.91 Å². The summed E-state index contributed by atoms with van der Waals surface area (Å²) in [5, 5.41) is 22.4. The third-order valence-corrected chi connectivity index (χ3v) is 5.92. The van der Waals surface area contributed by atoms with Crippen molar-refractivity contribution < 1.29 is 47.2 Å². The van der Waals surface area contributed by atoms with Crippen molar-refractivity contribution in [2.24, 2.45) is 0 Å². The summed E-state index contributed by atoms with van der Waals surface area (Å²) in [4.78, 5) is 29.5. The fourth-order valence-electron chi connectivity index (χ4n) is 4.09. The highest BCUT2D eigenvalue weighted by Crippen LogP contribution is 2.26. The van der Waals surface area contributed by atoms with Crippen LogP contribution in [0.1, 0.15) is 32.0 Å².